The van der Waals surface area contributed by atoms with Gasteiger partial charge in [0.1, 0.15) is 85.4 Å². The number of aliphatic hydroxyl groups is 4. The summed E-state index contributed by atoms with van der Waals surface area (Å²) in [6, 6.07) is 94.9. The van der Waals surface area contributed by atoms with Gasteiger partial charge in [0.15, 0.2) is 0 Å². The van der Waals surface area contributed by atoms with Crippen molar-refractivity contribution in [2.75, 3.05) is 59.2 Å². The Morgan fingerprint density at radius 3 is 1.02 bits per heavy atom. The Bertz CT molecular complexity index is 5440. The molecule has 136 heavy (non-hydrogen) atoms. The zero-order chi connectivity index (χ0) is 96.0. The van der Waals surface area contributed by atoms with E-state index in [1.54, 1.807) is 23.4 Å². The van der Waals surface area contributed by atoms with Crippen molar-refractivity contribution in [3.63, 3.8) is 0 Å². The fourth-order valence-corrected chi connectivity index (χ4v) is 15.1. The largest absolute Gasteiger partial charge is 0.493 e. The Labute approximate surface area is 803 Å². The standard InChI is InChI=1S/C24H25NO2.C23H29N3O2.3C22H27N3O2/c1-20-12-14-23(15-13-20)27-17-16-24(26)25(18-21-8-4-2-5-9-21)19-22-10-6-3-7-11-22;1-18-8-10-23(11-9-18)28-17-22(27)16-26(14-20-12-24-25(3)13-20)15-21-7-5-4-6-19(21)2;1-17-7-9-22(10-8-17)27-15-21(26)14-25(13-20-11-23-16-24-20)12-19-6-4-3-5-18(19)2;1-17-7-9-21(10-8-17)27-16-20(26)14-25(15-22-23-11-12-24-22)13-19-6-4-3-5-18(19)2;1-17-7-9-22(10-8-17)27-16-21(26)15-25(14-20-11-12-23-24-20)13-19-6-4-3-5-18(19)2/h2-15H,16-19H2,1H3;4-13,22,27H,14-17H2,1-3H3;3-11,16,21,26H,12-15H2,1-2H3,(H,23,24);3-12,20,26H,13-16H2,1-2H3,(H,23,24);3-12,21,26H,13-16H2,1-2H3,(H,23,24). The summed E-state index contributed by atoms with van der Waals surface area (Å²) in [5, 5.41) is 53.4. The van der Waals surface area contributed by atoms with Gasteiger partial charge in [0.25, 0.3) is 0 Å². The predicted octanol–water partition coefficient (Wildman–Crippen LogP) is 18.9. The molecular weight excluding hydrogens is 1700 g/mol. The number of amides is 1. The summed E-state index contributed by atoms with van der Waals surface area (Å²) in [7, 11) is 1.92. The second kappa shape index (κ2) is 55.9. The lowest BCUT2D eigenvalue weighted by Gasteiger charge is -2.25. The van der Waals surface area contributed by atoms with Crippen LogP contribution in [0.25, 0.3) is 0 Å². The zero-order valence-corrected chi connectivity index (χ0v) is 80.3. The first-order chi connectivity index (χ1) is 66.0. The quantitative estimate of drug-likeness (QED) is 0.0187. The molecule has 7 N–H and O–H groups in total. The van der Waals surface area contributed by atoms with E-state index in [0.29, 0.717) is 71.9 Å². The van der Waals surface area contributed by atoms with E-state index in [9.17, 15) is 25.2 Å². The smallest absolute Gasteiger partial charge is 0.226 e. The van der Waals surface area contributed by atoms with Crippen LogP contribution < -0.4 is 23.7 Å². The van der Waals surface area contributed by atoms with Gasteiger partial charge in [-0.1, -0.05) is 246 Å². The Balaban J connectivity index is 0.000000163. The topological polar surface area (TPSA) is 264 Å². The van der Waals surface area contributed by atoms with Gasteiger partial charge in [0, 0.05) is 140 Å². The van der Waals surface area contributed by atoms with Crippen LogP contribution in [0.2, 0.25) is 0 Å². The highest BCUT2D eigenvalue weighted by Crippen LogP contribution is 2.24. The molecule has 23 nitrogen and oxygen atoms in total. The molecule has 0 saturated carbocycles. The summed E-state index contributed by atoms with van der Waals surface area (Å²) < 4.78 is 30.5. The molecule has 15 aromatic rings. The molecule has 4 aromatic heterocycles. The number of H-pyrrole nitrogens is 3. The Morgan fingerprint density at radius 1 is 0.353 bits per heavy atom. The number of carbonyl (C=O) groups excluding carboxylic acids is 1. The Kier molecular flexibility index (Phi) is 42.3. The number of aryl methyl sites for hydroxylation is 10. The third-order valence-corrected chi connectivity index (χ3v) is 22.7. The summed E-state index contributed by atoms with van der Waals surface area (Å²) in [5.41, 5.74) is 21.4. The first-order valence-corrected chi connectivity index (χ1v) is 46.5. The number of rotatable bonds is 44. The molecule has 0 aliphatic rings. The van der Waals surface area contributed by atoms with E-state index in [-0.39, 0.29) is 32.3 Å². The number of carbonyl (C=O) groups is 1. The van der Waals surface area contributed by atoms with E-state index in [2.05, 4.69) is 143 Å². The van der Waals surface area contributed by atoms with Gasteiger partial charge in [-0.05, 0) is 185 Å². The predicted molar refractivity (Wildman–Crippen MR) is 539 cm³/mol. The highest BCUT2D eigenvalue weighted by molar-refractivity contribution is 5.76. The molecule has 4 heterocycles. The fraction of sp³-hybridized carbons (Fsp3) is 0.301. The number of ether oxygens (including phenoxy) is 5. The normalized spacial score (nSPS) is 11.9. The van der Waals surface area contributed by atoms with Gasteiger partial charge in [-0.3, -0.25) is 34.2 Å². The molecule has 0 aliphatic heterocycles. The molecular formula is C113H135N13O10. The highest BCUT2D eigenvalue weighted by Gasteiger charge is 2.22. The van der Waals surface area contributed by atoms with E-state index in [0.717, 1.165) is 95.4 Å². The third kappa shape index (κ3) is 38.1. The van der Waals surface area contributed by atoms with Crippen LogP contribution in [0.5, 0.6) is 28.7 Å². The van der Waals surface area contributed by atoms with E-state index < -0.39 is 24.4 Å². The maximum Gasteiger partial charge on any atom is 0.226 e. The number of imidazole rings is 2. The van der Waals surface area contributed by atoms with Gasteiger partial charge in [-0.25, -0.2) is 9.97 Å². The van der Waals surface area contributed by atoms with Crippen LogP contribution in [0.1, 0.15) is 113 Å². The zero-order valence-electron chi connectivity index (χ0n) is 80.3. The van der Waals surface area contributed by atoms with Crippen LogP contribution >= 0.6 is 0 Å². The molecule has 4 atom stereocenters. The average Bonchev–Trinajstić information content (AvgIpc) is 1.73. The minimum Gasteiger partial charge on any atom is -0.493 e. The first kappa shape index (κ1) is 103. The van der Waals surface area contributed by atoms with E-state index in [1.165, 1.54) is 72.3 Å². The molecule has 11 aromatic carbocycles. The first-order valence-electron chi connectivity index (χ1n) is 46.5. The van der Waals surface area contributed by atoms with Gasteiger partial charge in [0.2, 0.25) is 5.91 Å². The lowest BCUT2D eigenvalue weighted by atomic mass is 10.1. The van der Waals surface area contributed by atoms with E-state index in [4.69, 9.17) is 23.7 Å². The van der Waals surface area contributed by atoms with Crippen LogP contribution in [0, 0.1) is 62.3 Å². The van der Waals surface area contributed by atoms with E-state index in [1.807, 2.05) is 296 Å². The second-order valence-corrected chi connectivity index (χ2v) is 34.8. The Hall–Kier alpha value is -13.6. The SMILES string of the molecule is Cc1ccc(OCC(O)CN(Cc2ccn[nH]2)Cc2ccccc2C)cc1.Cc1ccc(OCC(O)CN(Cc2cnc[nH]2)Cc2ccccc2C)cc1.Cc1ccc(OCC(O)CN(Cc2cnn(C)c2)Cc2ccccc2C)cc1.Cc1ccc(OCC(O)CN(Cc2ncc[nH]2)Cc2ccccc2C)cc1.Cc1ccc(OCCC(=O)N(Cc2ccccc2)Cc2ccccc2)cc1. The van der Waals surface area contributed by atoms with Crippen LogP contribution in [-0.2, 0) is 77.3 Å². The average molecular weight is 1840 g/mol. The molecule has 712 valence electrons. The highest BCUT2D eigenvalue weighted by atomic mass is 16.5. The molecule has 0 fully saturated rings. The number of nitrogens with one attached hydrogen (secondary N) is 3. The summed E-state index contributed by atoms with van der Waals surface area (Å²) >= 11 is 0. The maximum atomic E-state index is 12.8. The molecule has 0 saturated heterocycles. The molecule has 23 heteroatoms. The molecule has 0 radical (unpaired) electrons. The van der Waals surface area contributed by atoms with Crippen molar-refractivity contribution >= 4 is 5.91 Å². The van der Waals surface area contributed by atoms with Crippen molar-refractivity contribution in [3.05, 3.63) is 435 Å². The van der Waals surface area contributed by atoms with Crippen molar-refractivity contribution in [1.82, 2.24) is 64.4 Å². The number of aromatic nitrogens is 8. The summed E-state index contributed by atoms with van der Waals surface area (Å²) in [5.74, 6) is 4.88. The summed E-state index contributed by atoms with van der Waals surface area (Å²) in [6.07, 6.45) is 10.7. The molecule has 0 spiro atoms. The fourth-order valence-electron chi connectivity index (χ4n) is 15.1. The molecule has 15 rings (SSSR count). The van der Waals surface area contributed by atoms with Crippen LogP contribution in [-0.4, -0.2) is 174 Å². The van der Waals surface area contributed by atoms with E-state index >= 15 is 0 Å². The van der Waals surface area contributed by atoms with Gasteiger partial charge >= 0.3 is 0 Å². The molecule has 0 aliphatic carbocycles. The van der Waals surface area contributed by atoms with Gasteiger partial charge < -0.3 is 59.0 Å². The van der Waals surface area contributed by atoms with Gasteiger partial charge in [-0.15, -0.1) is 0 Å². The second-order valence-electron chi connectivity index (χ2n) is 34.8. The molecule has 1 amide bonds. The monoisotopic (exact) mass is 1830 g/mol. The lowest BCUT2D eigenvalue weighted by molar-refractivity contribution is -0.133. The number of hydrogen-bond donors (Lipinski definition) is 7. The number of hydrogen-bond acceptors (Lipinski definition) is 18. The van der Waals surface area contributed by atoms with Crippen molar-refractivity contribution in [2.24, 2.45) is 7.05 Å². The number of aromatic amines is 3. The van der Waals surface area contributed by atoms with Gasteiger partial charge in [0.05, 0.1) is 32.1 Å². The van der Waals surface area contributed by atoms with Crippen molar-refractivity contribution in [1.29, 1.82) is 0 Å². The maximum absolute atomic E-state index is 12.8. The van der Waals surface area contributed by atoms with Crippen molar-refractivity contribution in [3.8, 4) is 28.7 Å². The summed E-state index contributed by atoms with van der Waals surface area (Å²) in [6.45, 7) is 29.1. The minimum absolute atomic E-state index is 0.0924. The minimum atomic E-state index is -0.592. The lowest BCUT2D eigenvalue weighted by Crippen LogP contribution is -2.35. The molecule has 4 unspecified atom stereocenters. The van der Waals surface area contributed by atoms with Crippen LogP contribution in [0.15, 0.2) is 329 Å². The van der Waals surface area contributed by atoms with Crippen LogP contribution in [0.4, 0.5) is 0 Å². The molecule has 0 bridgehead atoms. The number of nitrogens with zero attached hydrogens (tertiary/aromatic N) is 10. The van der Waals surface area contributed by atoms with Crippen LogP contribution in [0.3, 0.4) is 0 Å². The summed E-state index contributed by atoms with van der Waals surface area (Å²) in [4.78, 5) is 38.3. The number of aliphatic hydroxyl groups excluding tert-OH is 4. The Morgan fingerprint density at radius 2 is 0.699 bits per heavy atom. The third-order valence-electron chi connectivity index (χ3n) is 22.7. The van der Waals surface area contributed by atoms with Crippen molar-refractivity contribution in [2.45, 2.75) is 159 Å². The van der Waals surface area contributed by atoms with Gasteiger partial charge in [-0.2, -0.15) is 10.2 Å². The van der Waals surface area contributed by atoms with Crippen molar-refractivity contribution < 1.29 is 48.9 Å². The number of benzene rings is 11.